The van der Waals surface area contributed by atoms with Crippen molar-refractivity contribution in [2.45, 2.75) is 130 Å². The van der Waals surface area contributed by atoms with E-state index in [-0.39, 0.29) is 11.6 Å². The molecule has 0 fully saturated rings. The highest BCUT2D eigenvalue weighted by Gasteiger charge is 2.27. The van der Waals surface area contributed by atoms with E-state index in [1.54, 1.807) is 0 Å². The molecule has 0 atom stereocenters. The summed E-state index contributed by atoms with van der Waals surface area (Å²) in [6.07, 6.45) is 20.2. The SMILES string of the molecule is CCCCCCCCCCCCCCCCCC(=O)C(=O)C(C)(C)C. The predicted molar refractivity (Wildman–Crippen MR) is 109 cm³/mol. The first kappa shape index (κ1) is 24.3. The largest absolute Gasteiger partial charge is 0.291 e. The van der Waals surface area contributed by atoms with E-state index in [2.05, 4.69) is 6.92 Å². The van der Waals surface area contributed by atoms with Gasteiger partial charge in [0.2, 0.25) is 5.78 Å². The molecule has 0 saturated heterocycles. The lowest BCUT2D eigenvalue weighted by molar-refractivity contribution is -0.141. The minimum atomic E-state index is -0.521. The Hall–Kier alpha value is -0.660. The number of rotatable bonds is 17. The Morgan fingerprint density at radius 3 is 1.20 bits per heavy atom. The van der Waals surface area contributed by atoms with Crippen molar-refractivity contribution in [2.24, 2.45) is 5.41 Å². The molecule has 0 saturated carbocycles. The Bertz CT molecular complexity index is 338. The van der Waals surface area contributed by atoms with Gasteiger partial charge in [0.05, 0.1) is 0 Å². The molecule has 0 aromatic heterocycles. The number of unbranched alkanes of at least 4 members (excludes halogenated alkanes) is 14. The minimum Gasteiger partial charge on any atom is -0.291 e. The van der Waals surface area contributed by atoms with Crippen LogP contribution in [0.4, 0.5) is 0 Å². The molecule has 0 aromatic rings. The van der Waals surface area contributed by atoms with Crippen LogP contribution in [0.15, 0.2) is 0 Å². The van der Waals surface area contributed by atoms with E-state index in [0.717, 1.165) is 12.8 Å². The molecule has 0 spiro atoms. The summed E-state index contributed by atoms with van der Waals surface area (Å²) in [5.41, 5.74) is -0.521. The van der Waals surface area contributed by atoms with Gasteiger partial charge in [0.15, 0.2) is 5.78 Å². The zero-order chi connectivity index (χ0) is 19.0. The highest BCUT2D eigenvalue weighted by molar-refractivity contribution is 6.38. The summed E-state index contributed by atoms with van der Waals surface area (Å²) in [5, 5.41) is 0. The van der Waals surface area contributed by atoms with Gasteiger partial charge in [0.1, 0.15) is 0 Å². The highest BCUT2D eigenvalue weighted by atomic mass is 16.2. The number of ketones is 2. The molecule has 0 radical (unpaired) electrons. The van der Waals surface area contributed by atoms with Crippen molar-refractivity contribution >= 4 is 11.6 Å². The fourth-order valence-electron chi connectivity index (χ4n) is 3.19. The van der Waals surface area contributed by atoms with Crippen LogP contribution in [-0.4, -0.2) is 11.6 Å². The van der Waals surface area contributed by atoms with E-state index in [9.17, 15) is 9.59 Å². The van der Waals surface area contributed by atoms with Gasteiger partial charge in [0.25, 0.3) is 0 Å². The minimum absolute atomic E-state index is 0.179. The molecule has 148 valence electrons. The van der Waals surface area contributed by atoms with Crippen LogP contribution in [-0.2, 0) is 9.59 Å². The molecular formula is C23H44O2. The number of carbonyl (C=O) groups is 2. The maximum Gasteiger partial charge on any atom is 0.203 e. The molecule has 0 heterocycles. The maximum atomic E-state index is 11.8. The smallest absolute Gasteiger partial charge is 0.203 e. The molecule has 0 amide bonds. The number of hydrogen-bond acceptors (Lipinski definition) is 2. The van der Waals surface area contributed by atoms with Gasteiger partial charge >= 0.3 is 0 Å². The molecular weight excluding hydrogens is 308 g/mol. The van der Waals surface area contributed by atoms with Crippen molar-refractivity contribution in [1.82, 2.24) is 0 Å². The van der Waals surface area contributed by atoms with Crippen molar-refractivity contribution in [3.8, 4) is 0 Å². The third-order valence-corrected chi connectivity index (χ3v) is 4.94. The molecule has 0 unspecified atom stereocenters. The lowest BCUT2D eigenvalue weighted by Gasteiger charge is -2.14. The van der Waals surface area contributed by atoms with Crippen LogP contribution in [0.1, 0.15) is 130 Å². The highest BCUT2D eigenvalue weighted by Crippen LogP contribution is 2.17. The monoisotopic (exact) mass is 352 g/mol. The Morgan fingerprint density at radius 1 is 0.560 bits per heavy atom. The Labute approximate surface area is 157 Å². The Kier molecular flexibility index (Phi) is 15.2. The van der Waals surface area contributed by atoms with Gasteiger partial charge in [-0.05, 0) is 6.42 Å². The van der Waals surface area contributed by atoms with E-state index in [4.69, 9.17) is 0 Å². The van der Waals surface area contributed by atoms with Gasteiger partial charge in [-0.25, -0.2) is 0 Å². The molecule has 0 aliphatic rings. The third-order valence-electron chi connectivity index (χ3n) is 4.94. The van der Waals surface area contributed by atoms with Crippen molar-refractivity contribution in [2.75, 3.05) is 0 Å². The van der Waals surface area contributed by atoms with E-state index in [1.165, 1.54) is 83.5 Å². The molecule has 2 heteroatoms. The molecule has 0 bridgehead atoms. The van der Waals surface area contributed by atoms with Crippen molar-refractivity contribution < 1.29 is 9.59 Å². The van der Waals surface area contributed by atoms with Crippen molar-refractivity contribution in [1.29, 1.82) is 0 Å². The van der Waals surface area contributed by atoms with Gasteiger partial charge in [-0.1, -0.05) is 118 Å². The molecule has 2 nitrogen and oxygen atoms in total. The number of Topliss-reactive ketones (excluding diaryl/α,β-unsaturated/α-hetero) is 2. The lowest BCUT2D eigenvalue weighted by Crippen LogP contribution is -2.28. The maximum absolute atomic E-state index is 11.8. The quantitative estimate of drug-likeness (QED) is 0.201. The van der Waals surface area contributed by atoms with E-state index in [0.29, 0.717) is 6.42 Å². The van der Waals surface area contributed by atoms with Crippen LogP contribution < -0.4 is 0 Å². The van der Waals surface area contributed by atoms with Crippen molar-refractivity contribution in [3.63, 3.8) is 0 Å². The lowest BCUT2D eigenvalue weighted by atomic mass is 9.87. The van der Waals surface area contributed by atoms with E-state index < -0.39 is 5.41 Å². The summed E-state index contributed by atoms with van der Waals surface area (Å²) in [6.45, 7) is 7.73. The average Bonchev–Trinajstić information content (AvgIpc) is 2.56. The van der Waals surface area contributed by atoms with Crippen molar-refractivity contribution in [3.05, 3.63) is 0 Å². The van der Waals surface area contributed by atoms with Gasteiger partial charge in [-0.2, -0.15) is 0 Å². The number of carbonyl (C=O) groups excluding carboxylic acids is 2. The third kappa shape index (κ3) is 15.3. The van der Waals surface area contributed by atoms with E-state index in [1.807, 2.05) is 20.8 Å². The average molecular weight is 353 g/mol. The van der Waals surface area contributed by atoms with E-state index >= 15 is 0 Å². The van der Waals surface area contributed by atoms with Crippen LogP contribution >= 0.6 is 0 Å². The first-order valence-corrected chi connectivity index (χ1v) is 11.0. The first-order chi connectivity index (χ1) is 11.9. The van der Waals surface area contributed by atoms with Crippen LogP contribution in [0.3, 0.4) is 0 Å². The predicted octanol–water partition coefficient (Wildman–Crippen LogP) is 7.43. The van der Waals surface area contributed by atoms with Gasteiger partial charge < -0.3 is 0 Å². The Morgan fingerprint density at radius 2 is 0.880 bits per heavy atom. The van der Waals surface area contributed by atoms with Gasteiger partial charge in [-0.3, -0.25) is 9.59 Å². The molecule has 25 heavy (non-hydrogen) atoms. The second kappa shape index (κ2) is 15.6. The van der Waals surface area contributed by atoms with Crippen LogP contribution in [0.5, 0.6) is 0 Å². The summed E-state index contributed by atoms with van der Waals surface area (Å²) < 4.78 is 0. The Balaban J connectivity index is 3.27. The first-order valence-electron chi connectivity index (χ1n) is 11.0. The summed E-state index contributed by atoms with van der Waals surface area (Å²) in [7, 11) is 0. The molecule has 0 rings (SSSR count). The zero-order valence-electron chi connectivity index (χ0n) is 17.6. The molecule has 0 aliphatic heterocycles. The topological polar surface area (TPSA) is 34.1 Å². The van der Waals surface area contributed by atoms with Crippen LogP contribution in [0.25, 0.3) is 0 Å². The van der Waals surface area contributed by atoms with Crippen LogP contribution in [0, 0.1) is 5.41 Å². The molecule has 0 aromatic carbocycles. The second-order valence-corrected chi connectivity index (χ2v) is 8.70. The van der Waals surface area contributed by atoms with Crippen LogP contribution in [0.2, 0.25) is 0 Å². The molecule has 0 N–H and O–H groups in total. The second-order valence-electron chi connectivity index (χ2n) is 8.70. The van der Waals surface area contributed by atoms with Gasteiger partial charge in [-0.15, -0.1) is 0 Å². The summed E-state index contributed by atoms with van der Waals surface area (Å²) in [5.74, 6) is -0.389. The summed E-state index contributed by atoms with van der Waals surface area (Å²) in [6, 6.07) is 0. The number of hydrogen-bond donors (Lipinski definition) is 0. The normalized spacial score (nSPS) is 11.7. The fourth-order valence-corrected chi connectivity index (χ4v) is 3.19. The fraction of sp³-hybridized carbons (Fsp3) is 0.913. The summed E-state index contributed by atoms with van der Waals surface area (Å²) >= 11 is 0. The molecule has 0 aliphatic carbocycles. The van der Waals surface area contributed by atoms with Gasteiger partial charge in [0, 0.05) is 11.8 Å². The zero-order valence-corrected chi connectivity index (χ0v) is 17.6. The standard InChI is InChI=1S/C23H44O2/c1-5-6-7-8-9-10-11-12-13-14-15-16-17-18-19-20-21(24)22(25)23(2,3)4/h5-20H2,1-4H3. The summed E-state index contributed by atoms with van der Waals surface area (Å²) in [4.78, 5) is 23.6.